The van der Waals surface area contributed by atoms with Gasteiger partial charge in [-0.15, -0.1) is 0 Å². The Bertz CT molecular complexity index is 456. The number of hydrogen-bond donors (Lipinski definition) is 1. The van der Waals surface area contributed by atoms with Crippen LogP contribution in [-0.4, -0.2) is 32.1 Å². The fourth-order valence-corrected chi connectivity index (χ4v) is 2.05. The molecule has 0 aliphatic rings. The molecule has 0 saturated carbocycles. The summed E-state index contributed by atoms with van der Waals surface area (Å²) in [5.74, 6) is 0.899. The van der Waals surface area contributed by atoms with Gasteiger partial charge in [-0.1, -0.05) is 0 Å². The quantitative estimate of drug-likeness (QED) is 0.895. The minimum atomic E-state index is -0.0812. The van der Waals surface area contributed by atoms with E-state index < -0.39 is 0 Å². The van der Waals surface area contributed by atoms with Crippen molar-refractivity contribution in [1.29, 1.82) is 0 Å². The monoisotopic (exact) mass is 250 g/mol. The lowest BCUT2D eigenvalue weighted by molar-refractivity contribution is 0.209. The highest BCUT2D eigenvalue weighted by Crippen LogP contribution is 2.28. The molecule has 0 atom stereocenters. The smallest absolute Gasteiger partial charge is 0.317 e. The van der Waals surface area contributed by atoms with Crippen molar-refractivity contribution < 1.29 is 9.53 Å². The standard InChI is InChI=1S/C14H22N2O2/c1-9-7-13(18-6)11(3)10(2)12(9)8-16(5)14(17)15-4/h7H,8H2,1-6H3,(H,15,17). The Morgan fingerprint density at radius 3 is 2.44 bits per heavy atom. The molecule has 0 fully saturated rings. The van der Waals surface area contributed by atoms with Crippen LogP contribution in [-0.2, 0) is 6.54 Å². The van der Waals surface area contributed by atoms with Crippen molar-refractivity contribution in [2.75, 3.05) is 21.2 Å². The second kappa shape index (κ2) is 5.76. The Balaban J connectivity index is 3.10. The van der Waals surface area contributed by atoms with Gasteiger partial charge in [-0.25, -0.2) is 4.79 Å². The van der Waals surface area contributed by atoms with Crippen molar-refractivity contribution in [2.45, 2.75) is 27.3 Å². The third-order valence-corrected chi connectivity index (χ3v) is 3.38. The van der Waals surface area contributed by atoms with Crippen LogP contribution in [0.5, 0.6) is 5.75 Å². The van der Waals surface area contributed by atoms with Crippen LogP contribution in [0.25, 0.3) is 0 Å². The topological polar surface area (TPSA) is 41.6 Å². The first kappa shape index (κ1) is 14.4. The zero-order chi connectivity index (χ0) is 13.9. The summed E-state index contributed by atoms with van der Waals surface area (Å²) in [5, 5.41) is 2.62. The molecule has 0 aliphatic carbocycles. The van der Waals surface area contributed by atoms with Gasteiger partial charge in [-0.05, 0) is 49.1 Å². The van der Waals surface area contributed by atoms with E-state index in [1.807, 2.05) is 19.9 Å². The lowest BCUT2D eigenvalue weighted by Crippen LogP contribution is -2.34. The lowest BCUT2D eigenvalue weighted by atomic mass is 9.97. The number of nitrogens with zero attached hydrogens (tertiary/aromatic N) is 1. The van der Waals surface area contributed by atoms with Gasteiger partial charge in [0.2, 0.25) is 0 Å². The van der Waals surface area contributed by atoms with E-state index in [9.17, 15) is 4.79 Å². The summed E-state index contributed by atoms with van der Waals surface area (Å²) in [6.07, 6.45) is 0. The van der Waals surface area contributed by atoms with Gasteiger partial charge in [0.15, 0.2) is 0 Å². The summed E-state index contributed by atoms with van der Waals surface area (Å²) in [7, 11) is 5.10. The van der Waals surface area contributed by atoms with Gasteiger partial charge in [0, 0.05) is 20.6 Å². The number of urea groups is 1. The molecule has 0 heterocycles. The Morgan fingerprint density at radius 1 is 1.33 bits per heavy atom. The second-order valence-corrected chi connectivity index (χ2v) is 4.54. The number of amides is 2. The van der Waals surface area contributed by atoms with Crippen LogP contribution in [0.1, 0.15) is 22.3 Å². The van der Waals surface area contributed by atoms with Gasteiger partial charge in [-0.2, -0.15) is 0 Å². The molecule has 0 unspecified atom stereocenters. The first-order valence-corrected chi connectivity index (χ1v) is 5.98. The average Bonchev–Trinajstić information content (AvgIpc) is 2.37. The average molecular weight is 250 g/mol. The Hall–Kier alpha value is -1.71. The minimum absolute atomic E-state index is 0.0812. The van der Waals surface area contributed by atoms with E-state index in [-0.39, 0.29) is 6.03 Å². The number of hydrogen-bond acceptors (Lipinski definition) is 2. The van der Waals surface area contributed by atoms with Crippen molar-refractivity contribution in [1.82, 2.24) is 10.2 Å². The number of rotatable bonds is 3. The minimum Gasteiger partial charge on any atom is -0.496 e. The molecule has 0 bridgehead atoms. The van der Waals surface area contributed by atoms with Gasteiger partial charge in [0.25, 0.3) is 0 Å². The van der Waals surface area contributed by atoms with Crippen LogP contribution in [0.3, 0.4) is 0 Å². The van der Waals surface area contributed by atoms with E-state index in [4.69, 9.17) is 4.74 Å². The molecule has 1 rings (SSSR count). The van der Waals surface area contributed by atoms with Crippen molar-refractivity contribution in [3.63, 3.8) is 0 Å². The molecule has 2 amide bonds. The molecule has 0 spiro atoms. The van der Waals surface area contributed by atoms with E-state index in [0.29, 0.717) is 6.54 Å². The molecule has 1 aromatic carbocycles. The molecule has 0 aromatic heterocycles. The molecule has 0 saturated heterocycles. The second-order valence-electron chi connectivity index (χ2n) is 4.54. The molecule has 1 aromatic rings. The molecule has 0 aliphatic heterocycles. The highest BCUT2D eigenvalue weighted by molar-refractivity contribution is 5.73. The maximum absolute atomic E-state index is 11.5. The molecular weight excluding hydrogens is 228 g/mol. The SMILES string of the molecule is CNC(=O)N(C)Cc1c(C)cc(OC)c(C)c1C. The molecule has 1 N–H and O–H groups in total. The van der Waals surface area contributed by atoms with Gasteiger partial charge in [0.05, 0.1) is 7.11 Å². The maximum atomic E-state index is 11.5. The summed E-state index contributed by atoms with van der Waals surface area (Å²) in [5.41, 5.74) is 4.64. The molecule has 18 heavy (non-hydrogen) atoms. The van der Waals surface area contributed by atoms with Gasteiger partial charge in [0.1, 0.15) is 5.75 Å². The molecule has 4 nitrogen and oxygen atoms in total. The zero-order valence-corrected chi connectivity index (χ0v) is 12.0. The van der Waals surface area contributed by atoms with Gasteiger partial charge in [-0.3, -0.25) is 0 Å². The predicted molar refractivity (Wildman–Crippen MR) is 73.1 cm³/mol. The number of aryl methyl sites for hydroxylation is 1. The first-order chi connectivity index (χ1) is 8.42. The van der Waals surface area contributed by atoms with Crippen LogP contribution in [0, 0.1) is 20.8 Å². The summed E-state index contributed by atoms with van der Waals surface area (Å²) in [6, 6.07) is 1.94. The molecule has 4 heteroatoms. The van der Waals surface area contributed by atoms with Gasteiger partial charge < -0.3 is 15.0 Å². The third-order valence-electron chi connectivity index (χ3n) is 3.38. The molecule has 100 valence electrons. The third kappa shape index (κ3) is 2.75. The molecule has 0 radical (unpaired) electrons. The Kier molecular flexibility index (Phi) is 4.59. The molecular formula is C14H22N2O2. The zero-order valence-electron chi connectivity index (χ0n) is 12.0. The maximum Gasteiger partial charge on any atom is 0.317 e. The number of ether oxygens (including phenoxy) is 1. The first-order valence-electron chi connectivity index (χ1n) is 5.98. The highest BCUT2D eigenvalue weighted by Gasteiger charge is 2.14. The number of nitrogens with one attached hydrogen (secondary N) is 1. The van der Waals surface area contributed by atoms with Crippen molar-refractivity contribution >= 4 is 6.03 Å². The van der Waals surface area contributed by atoms with E-state index in [0.717, 1.165) is 16.9 Å². The number of carbonyl (C=O) groups excluding carboxylic acids is 1. The lowest BCUT2D eigenvalue weighted by Gasteiger charge is -2.21. The Morgan fingerprint density at radius 2 is 1.94 bits per heavy atom. The number of methoxy groups -OCH3 is 1. The van der Waals surface area contributed by atoms with E-state index in [2.05, 4.69) is 12.2 Å². The van der Waals surface area contributed by atoms with Crippen LogP contribution < -0.4 is 10.1 Å². The van der Waals surface area contributed by atoms with Crippen molar-refractivity contribution in [3.05, 3.63) is 28.3 Å². The van der Waals surface area contributed by atoms with Crippen LogP contribution in [0.4, 0.5) is 4.79 Å². The summed E-state index contributed by atoms with van der Waals surface area (Å²) < 4.78 is 5.34. The van der Waals surface area contributed by atoms with Gasteiger partial charge >= 0.3 is 6.03 Å². The van der Waals surface area contributed by atoms with Crippen LogP contribution in [0.2, 0.25) is 0 Å². The van der Waals surface area contributed by atoms with Crippen molar-refractivity contribution in [3.8, 4) is 5.75 Å². The summed E-state index contributed by atoms with van der Waals surface area (Å²) in [4.78, 5) is 13.2. The number of benzene rings is 1. The van der Waals surface area contributed by atoms with E-state index in [1.165, 1.54) is 11.1 Å². The highest BCUT2D eigenvalue weighted by atomic mass is 16.5. The predicted octanol–water partition coefficient (Wildman–Crippen LogP) is 2.39. The largest absolute Gasteiger partial charge is 0.496 e. The van der Waals surface area contributed by atoms with E-state index in [1.54, 1.807) is 26.1 Å². The normalized spacial score (nSPS) is 10.1. The summed E-state index contributed by atoms with van der Waals surface area (Å²) in [6.45, 7) is 6.75. The van der Waals surface area contributed by atoms with Crippen LogP contribution in [0.15, 0.2) is 6.07 Å². The number of carbonyl (C=O) groups is 1. The summed E-state index contributed by atoms with van der Waals surface area (Å²) >= 11 is 0. The van der Waals surface area contributed by atoms with E-state index >= 15 is 0 Å². The fraction of sp³-hybridized carbons (Fsp3) is 0.500. The Labute approximate surface area is 109 Å². The fourth-order valence-electron chi connectivity index (χ4n) is 2.05. The van der Waals surface area contributed by atoms with Crippen LogP contribution >= 0.6 is 0 Å². The van der Waals surface area contributed by atoms with Crippen molar-refractivity contribution in [2.24, 2.45) is 0 Å².